The lowest BCUT2D eigenvalue weighted by Crippen LogP contribution is -2.32. The average Bonchev–Trinajstić information content (AvgIpc) is 2.31. The molecule has 0 fully saturated rings. The molecule has 0 saturated carbocycles. The molecule has 0 unspecified atom stereocenters. The molecule has 3 nitrogen and oxygen atoms in total. The van der Waals surface area contributed by atoms with E-state index in [2.05, 4.69) is 30.4 Å². The Bertz CT molecular complexity index is 247. The summed E-state index contributed by atoms with van der Waals surface area (Å²) >= 11 is 0. The number of hydrogen-bond acceptors (Lipinski definition) is 3. The summed E-state index contributed by atoms with van der Waals surface area (Å²) in [4.78, 5) is 13.6. The standard InChI is InChI=1S/C14H27NO2/c1-6-7-8-10-15(12(2)3)11-9-13(4)14(16)17-5/h9,12H,6-8,10-11H2,1-5H3. The summed E-state index contributed by atoms with van der Waals surface area (Å²) in [5, 5.41) is 0. The number of methoxy groups -OCH3 is 1. The minimum Gasteiger partial charge on any atom is -0.466 e. The largest absolute Gasteiger partial charge is 0.466 e. The van der Waals surface area contributed by atoms with Gasteiger partial charge in [-0.3, -0.25) is 4.90 Å². The van der Waals surface area contributed by atoms with Gasteiger partial charge < -0.3 is 4.74 Å². The summed E-state index contributed by atoms with van der Waals surface area (Å²) in [7, 11) is 1.42. The molecule has 0 aromatic carbocycles. The monoisotopic (exact) mass is 241 g/mol. The molecule has 0 amide bonds. The van der Waals surface area contributed by atoms with Gasteiger partial charge in [-0.05, 0) is 33.7 Å². The maximum Gasteiger partial charge on any atom is 0.333 e. The number of ether oxygens (including phenoxy) is 1. The van der Waals surface area contributed by atoms with Crippen molar-refractivity contribution in [2.75, 3.05) is 20.2 Å². The second kappa shape index (κ2) is 9.23. The molecule has 0 saturated heterocycles. The zero-order valence-corrected chi connectivity index (χ0v) is 12.0. The molecule has 0 bridgehead atoms. The number of carbonyl (C=O) groups excluding carboxylic acids is 1. The third-order valence-electron chi connectivity index (χ3n) is 2.92. The minimum absolute atomic E-state index is 0.234. The third kappa shape index (κ3) is 7.16. The van der Waals surface area contributed by atoms with Gasteiger partial charge in [0.25, 0.3) is 0 Å². The zero-order valence-electron chi connectivity index (χ0n) is 12.0. The summed E-state index contributed by atoms with van der Waals surface area (Å²) in [6.45, 7) is 10.3. The smallest absolute Gasteiger partial charge is 0.333 e. The fraction of sp³-hybridized carbons (Fsp3) is 0.786. The maximum atomic E-state index is 11.2. The molecule has 0 spiro atoms. The molecule has 0 N–H and O–H groups in total. The second-order valence-electron chi connectivity index (χ2n) is 4.67. The van der Waals surface area contributed by atoms with Crippen molar-refractivity contribution in [3.63, 3.8) is 0 Å². The van der Waals surface area contributed by atoms with Gasteiger partial charge in [0.1, 0.15) is 0 Å². The number of esters is 1. The van der Waals surface area contributed by atoms with Gasteiger partial charge in [-0.2, -0.15) is 0 Å². The maximum absolute atomic E-state index is 11.2. The van der Waals surface area contributed by atoms with Crippen LogP contribution in [0.15, 0.2) is 11.6 Å². The van der Waals surface area contributed by atoms with Crippen LogP contribution < -0.4 is 0 Å². The molecule has 3 heteroatoms. The van der Waals surface area contributed by atoms with Crippen LogP contribution in [0.4, 0.5) is 0 Å². The Balaban J connectivity index is 4.21. The Morgan fingerprint density at radius 1 is 1.35 bits per heavy atom. The van der Waals surface area contributed by atoms with Crippen molar-refractivity contribution >= 4 is 5.97 Å². The summed E-state index contributed by atoms with van der Waals surface area (Å²) < 4.78 is 4.68. The second-order valence-corrected chi connectivity index (χ2v) is 4.67. The number of rotatable bonds is 8. The molecule has 0 aromatic heterocycles. The highest BCUT2D eigenvalue weighted by atomic mass is 16.5. The van der Waals surface area contributed by atoms with E-state index in [1.54, 1.807) is 6.92 Å². The van der Waals surface area contributed by atoms with E-state index in [0.29, 0.717) is 11.6 Å². The Morgan fingerprint density at radius 3 is 2.47 bits per heavy atom. The van der Waals surface area contributed by atoms with Crippen LogP contribution in [-0.2, 0) is 9.53 Å². The van der Waals surface area contributed by atoms with Crippen LogP contribution in [-0.4, -0.2) is 37.1 Å². The topological polar surface area (TPSA) is 29.5 Å². The van der Waals surface area contributed by atoms with E-state index in [1.807, 2.05) is 6.08 Å². The van der Waals surface area contributed by atoms with Crippen LogP contribution in [0.3, 0.4) is 0 Å². The molecule has 0 aliphatic rings. The first-order valence-corrected chi connectivity index (χ1v) is 6.52. The summed E-state index contributed by atoms with van der Waals surface area (Å²) in [5.41, 5.74) is 0.689. The summed E-state index contributed by atoms with van der Waals surface area (Å²) in [6.07, 6.45) is 5.68. The molecule has 0 aliphatic heterocycles. The number of nitrogens with zero attached hydrogens (tertiary/aromatic N) is 1. The van der Waals surface area contributed by atoms with Crippen molar-refractivity contribution in [3.8, 4) is 0 Å². The molecule has 0 atom stereocenters. The number of hydrogen-bond donors (Lipinski definition) is 0. The van der Waals surface area contributed by atoms with Crippen molar-refractivity contribution in [1.29, 1.82) is 0 Å². The Morgan fingerprint density at radius 2 is 2.00 bits per heavy atom. The molecule has 0 rings (SSSR count). The lowest BCUT2D eigenvalue weighted by Gasteiger charge is -2.25. The molecular formula is C14H27NO2. The van der Waals surface area contributed by atoms with Gasteiger partial charge >= 0.3 is 5.97 Å². The predicted octanol–water partition coefficient (Wildman–Crippen LogP) is 3.01. The van der Waals surface area contributed by atoms with Gasteiger partial charge in [-0.25, -0.2) is 4.79 Å². The van der Waals surface area contributed by atoms with E-state index in [-0.39, 0.29) is 5.97 Å². The highest BCUT2D eigenvalue weighted by molar-refractivity contribution is 5.87. The molecular weight excluding hydrogens is 214 g/mol. The van der Waals surface area contributed by atoms with Crippen molar-refractivity contribution in [2.45, 2.75) is 53.0 Å². The Labute approximate surface area is 106 Å². The van der Waals surface area contributed by atoms with Gasteiger partial charge in [0, 0.05) is 18.2 Å². The van der Waals surface area contributed by atoms with Crippen molar-refractivity contribution in [2.24, 2.45) is 0 Å². The number of carbonyl (C=O) groups is 1. The first-order chi connectivity index (χ1) is 8.02. The highest BCUT2D eigenvalue weighted by Crippen LogP contribution is 2.05. The summed E-state index contributed by atoms with van der Waals surface area (Å²) in [5.74, 6) is -0.234. The van der Waals surface area contributed by atoms with Crippen molar-refractivity contribution in [1.82, 2.24) is 4.90 Å². The minimum atomic E-state index is -0.234. The molecule has 0 aliphatic carbocycles. The molecule has 0 radical (unpaired) electrons. The first-order valence-electron chi connectivity index (χ1n) is 6.52. The number of unbranched alkanes of at least 4 members (excludes halogenated alkanes) is 2. The van der Waals surface area contributed by atoms with Gasteiger partial charge in [0.05, 0.1) is 7.11 Å². The fourth-order valence-corrected chi connectivity index (χ4v) is 1.62. The van der Waals surface area contributed by atoms with E-state index >= 15 is 0 Å². The SMILES string of the molecule is CCCCCN(CC=C(C)C(=O)OC)C(C)C. The van der Waals surface area contributed by atoms with Crippen LogP contribution in [0, 0.1) is 0 Å². The van der Waals surface area contributed by atoms with Crippen LogP contribution >= 0.6 is 0 Å². The molecule has 0 heterocycles. The van der Waals surface area contributed by atoms with Gasteiger partial charge in [-0.15, -0.1) is 0 Å². The van der Waals surface area contributed by atoms with Gasteiger partial charge in [0.2, 0.25) is 0 Å². The lowest BCUT2D eigenvalue weighted by atomic mass is 10.2. The molecule has 100 valence electrons. The Hall–Kier alpha value is -0.830. The molecule has 17 heavy (non-hydrogen) atoms. The average molecular weight is 241 g/mol. The van der Waals surface area contributed by atoms with Crippen LogP contribution in [0.25, 0.3) is 0 Å². The van der Waals surface area contributed by atoms with Crippen LogP contribution in [0.2, 0.25) is 0 Å². The summed E-state index contributed by atoms with van der Waals surface area (Å²) in [6, 6.07) is 0.508. The Kier molecular flexibility index (Phi) is 8.78. The quantitative estimate of drug-likeness (QED) is 0.372. The normalized spacial score (nSPS) is 12.3. The van der Waals surface area contributed by atoms with E-state index in [4.69, 9.17) is 0 Å². The van der Waals surface area contributed by atoms with E-state index in [1.165, 1.54) is 26.4 Å². The zero-order chi connectivity index (χ0) is 13.3. The fourth-order valence-electron chi connectivity index (χ4n) is 1.62. The van der Waals surface area contributed by atoms with Gasteiger partial charge in [0.15, 0.2) is 0 Å². The van der Waals surface area contributed by atoms with Crippen molar-refractivity contribution < 1.29 is 9.53 Å². The van der Waals surface area contributed by atoms with Gasteiger partial charge in [-0.1, -0.05) is 25.8 Å². The highest BCUT2D eigenvalue weighted by Gasteiger charge is 2.09. The van der Waals surface area contributed by atoms with Crippen LogP contribution in [0.1, 0.15) is 47.0 Å². The van der Waals surface area contributed by atoms with E-state index in [9.17, 15) is 4.79 Å². The first kappa shape index (κ1) is 16.2. The lowest BCUT2D eigenvalue weighted by molar-refractivity contribution is -0.136. The van der Waals surface area contributed by atoms with Crippen molar-refractivity contribution in [3.05, 3.63) is 11.6 Å². The third-order valence-corrected chi connectivity index (χ3v) is 2.92. The predicted molar refractivity (Wildman–Crippen MR) is 72.0 cm³/mol. The van der Waals surface area contributed by atoms with E-state index in [0.717, 1.165) is 13.1 Å². The van der Waals surface area contributed by atoms with Crippen LogP contribution in [0.5, 0.6) is 0 Å². The molecule has 0 aromatic rings. The van der Waals surface area contributed by atoms with E-state index < -0.39 is 0 Å².